The summed E-state index contributed by atoms with van der Waals surface area (Å²) < 4.78 is 0.0271. The highest BCUT2D eigenvalue weighted by molar-refractivity contribution is 8.00. The molecule has 22 aliphatic carbocycles. The van der Waals surface area contributed by atoms with Crippen LogP contribution in [-0.4, -0.2) is 0 Å². The highest BCUT2D eigenvalue weighted by Crippen LogP contribution is 3.01. The Labute approximate surface area is 457 Å². The average molecular weight is 1020 g/mol. The van der Waals surface area contributed by atoms with Crippen LogP contribution in [0.15, 0.2) is 17.0 Å². The van der Waals surface area contributed by atoms with E-state index < -0.39 is 0 Å². The maximum atomic E-state index is 2.98. The van der Waals surface area contributed by atoms with E-state index in [0.717, 1.165) is 5.92 Å². The molecule has 0 amide bonds. The van der Waals surface area contributed by atoms with Crippen LogP contribution in [0.5, 0.6) is 0 Å². The van der Waals surface area contributed by atoms with Gasteiger partial charge in [-0.1, -0.05) is 72.4 Å². The molecule has 0 bridgehead atoms. The Morgan fingerprint density at radius 2 is 0.759 bits per heavy atom. The van der Waals surface area contributed by atoms with Crippen molar-refractivity contribution in [3.05, 3.63) is 140 Å². The second-order valence-electron chi connectivity index (χ2n) is 33.9. The standard InChI is InChI=1S/C78H48S/c1-6-8-9-13(7-2)12-14-15(76(3,4)5)10-11-16-75(14)79-78-73-67-61-51-39-31-23-19-17-18-21-25(23)33(39)43-37-29(21)30-22(18)26-24-20(17)28-27(19)35-41(31)49-55-45(35)46-36(28)42-32(24)40-34(26)44-38(30)48-47(37)59(53(43)61)69(73)70-60(48)54(44)62-52(40)58-50(42)56(46)64-63(55)71(65(67)57(49)51)77(16,78)72(64)66(58)68(62)74(70)78/h10-11,13,19,21,23,25,27,29,35,37,45-48,56,60,64,66,68,70,72,74H,6-9,12H2,1-5H3. The average Bonchev–Trinajstić information content (AvgIpc) is 1.44. The van der Waals surface area contributed by atoms with Crippen LogP contribution in [0.3, 0.4) is 0 Å². The number of hydrogen-bond acceptors (Lipinski definition) is 1. The van der Waals surface area contributed by atoms with E-state index in [1.807, 2.05) is 180 Å². The summed E-state index contributed by atoms with van der Waals surface area (Å²) in [6.45, 7) is 12.8. The van der Waals surface area contributed by atoms with Crippen molar-refractivity contribution in [3.63, 3.8) is 0 Å². The highest BCUT2D eigenvalue weighted by Gasteiger charge is 2.90. The van der Waals surface area contributed by atoms with Crippen LogP contribution in [0.1, 0.15) is 295 Å². The van der Waals surface area contributed by atoms with Gasteiger partial charge in [-0.25, -0.2) is 0 Å². The molecular weight excluding hydrogens is 969 g/mol. The molecule has 0 N–H and O–H groups in total. The molecule has 1 saturated carbocycles. The zero-order valence-electron chi connectivity index (χ0n) is 44.7. The lowest BCUT2D eigenvalue weighted by Gasteiger charge is -2.65. The molecule has 11 aromatic carbocycles. The van der Waals surface area contributed by atoms with Crippen molar-refractivity contribution in [2.24, 2.45) is 17.8 Å². The molecule has 79 heavy (non-hydrogen) atoms. The first-order valence-electron chi connectivity index (χ1n) is 33.0. The Hall–Kier alpha value is -5.37. The molecule has 23 atom stereocenters. The third-order valence-corrected chi connectivity index (χ3v) is 35.1. The van der Waals surface area contributed by atoms with Crippen LogP contribution in [0.25, 0.3) is 97.3 Å². The van der Waals surface area contributed by atoms with Crippen LogP contribution < -0.4 is 0 Å². The fraction of sp³-hybridized carbons (Fsp3) is 0.436. The van der Waals surface area contributed by atoms with E-state index in [-0.39, 0.29) is 15.6 Å². The van der Waals surface area contributed by atoms with Crippen molar-refractivity contribution in [2.45, 2.75) is 194 Å². The Morgan fingerprint density at radius 3 is 1.20 bits per heavy atom. The Kier molecular flexibility index (Phi) is 3.74. The summed E-state index contributed by atoms with van der Waals surface area (Å²) in [5, 5.41) is 30.9. The monoisotopic (exact) mass is 1020 g/mol. The van der Waals surface area contributed by atoms with Crippen LogP contribution >= 0.6 is 11.8 Å². The zero-order valence-corrected chi connectivity index (χ0v) is 45.5. The first kappa shape index (κ1) is 34.8. The quantitative estimate of drug-likeness (QED) is 0.150. The van der Waals surface area contributed by atoms with Gasteiger partial charge >= 0.3 is 0 Å². The molecule has 0 radical (unpaired) electrons. The molecule has 0 aromatic heterocycles. The lowest BCUT2D eigenvalue weighted by atomic mass is 9.39. The van der Waals surface area contributed by atoms with Crippen molar-refractivity contribution in [1.29, 1.82) is 0 Å². The van der Waals surface area contributed by atoms with Gasteiger partial charge in [0.05, 0.1) is 4.75 Å². The smallest absolute Gasteiger partial charge is 0.0645 e. The van der Waals surface area contributed by atoms with Crippen molar-refractivity contribution in [2.75, 3.05) is 0 Å². The number of rotatable bonds is 6. The number of thioether (sulfide) groups is 1. The molecule has 1 fully saturated rings. The molecule has 1 heterocycles. The molecule has 23 unspecified atom stereocenters. The van der Waals surface area contributed by atoms with E-state index in [1.165, 1.54) is 32.1 Å². The minimum atomic E-state index is -0.00313. The molecule has 2 spiro atoms. The number of fused-ring (bicyclic) bond motifs is 1. The first-order chi connectivity index (χ1) is 38.9. The third-order valence-electron chi connectivity index (χ3n) is 33.3. The summed E-state index contributed by atoms with van der Waals surface area (Å²) in [5.41, 5.74) is 50.4. The largest absolute Gasteiger partial charge is 0.112 e. The van der Waals surface area contributed by atoms with Gasteiger partial charge in [0.25, 0.3) is 0 Å². The van der Waals surface area contributed by atoms with Crippen molar-refractivity contribution in [3.8, 4) is 11.1 Å². The fourth-order valence-electron chi connectivity index (χ4n) is 34.1. The van der Waals surface area contributed by atoms with Gasteiger partial charge in [0.2, 0.25) is 0 Å². The van der Waals surface area contributed by atoms with Crippen LogP contribution in [-0.2, 0) is 22.0 Å². The predicted octanol–water partition coefficient (Wildman–Crippen LogP) is 18.6. The highest BCUT2D eigenvalue weighted by atomic mass is 32.2. The normalized spacial score (nSPS) is 44.5. The van der Waals surface area contributed by atoms with Gasteiger partial charge in [-0.3, -0.25) is 0 Å². The summed E-state index contributed by atoms with van der Waals surface area (Å²) in [5.74, 6) is 13.9. The second kappa shape index (κ2) is 8.48. The van der Waals surface area contributed by atoms with E-state index in [9.17, 15) is 0 Å². The third kappa shape index (κ3) is 2.14. The predicted molar refractivity (Wildman–Crippen MR) is 312 cm³/mol. The van der Waals surface area contributed by atoms with E-state index >= 15 is 0 Å². The molecule has 1 heteroatoms. The molecule has 1 aliphatic heterocycles. The minimum absolute atomic E-state index is 0.00313. The molecule has 34 rings (SSSR count). The molecule has 23 aliphatic rings. The van der Waals surface area contributed by atoms with Crippen LogP contribution in [0, 0.1) is 17.8 Å². The number of unbranched alkanes of at least 4 members (excludes halogenated alkanes) is 1. The van der Waals surface area contributed by atoms with Gasteiger partial charge < -0.3 is 0 Å². The first-order valence-corrected chi connectivity index (χ1v) is 33.8. The van der Waals surface area contributed by atoms with Crippen LogP contribution in [0.2, 0.25) is 0 Å². The van der Waals surface area contributed by atoms with E-state index in [2.05, 4.69) is 103 Å². The van der Waals surface area contributed by atoms with Crippen molar-refractivity contribution < 1.29 is 0 Å². The maximum absolute atomic E-state index is 2.98. The van der Waals surface area contributed by atoms with Gasteiger partial charge in [-0.15, -0.1) is 11.8 Å². The fourth-order valence-corrected chi connectivity index (χ4v) is 36.3. The zero-order chi connectivity index (χ0) is 48.5. The number of hydrogen-bond donors (Lipinski definition) is 0. The van der Waals surface area contributed by atoms with Gasteiger partial charge in [-0.2, -0.15) is 0 Å². The lowest BCUT2D eigenvalue weighted by molar-refractivity contribution is 0.0341. The summed E-state index contributed by atoms with van der Waals surface area (Å²) in [4.78, 5) is 1.86. The van der Waals surface area contributed by atoms with E-state index in [0.29, 0.717) is 118 Å². The SMILES string of the molecule is CCCCC(CC)Cc1c(C(C)(C)C)ccc2c1SC13c4c5c6c7c8c9c%10c%11c%12c%13c%14c%15c(c%16c%13c%10c7c4-%16)C21C1C%15C2c4c7c%10c%13c%15c%16c%17c%18c%19c%20c%21c%22c%23c(c4c4c%22c%19c%16c%104)C2C%14C%12C%23C%21C%11C9C%20C%18C8C6C%17C%15C5C3C%13C71. The molecular formula is C78H48S. The molecule has 0 nitrogen and oxygen atoms in total. The van der Waals surface area contributed by atoms with Gasteiger partial charge in [0.1, 0.15) is 0 Å². The van der Waals surface area contributed by atoms with E-state index in [4.69, 9.17) is 0 Å². The Bertz CT molecular complexity index is 5750. The van der Waals surface area contributed by atoms with Gasteiger partial charge in [0, 0.05) is 10.3 Å². The summed E-state index contributed by atoms with van der Waals surface area (Å²) in [6.07, 6.45) is 6.65. The minimum Gasteiger partial charge on any atom is -0.112 e. The molecule has 0 saturated heterocycles. The molecule has 366 valence electrons. The summed E-state index contributed by atoms with van der Waals surface area (Å²) in [6, 6.07) is 5.83. The molecule has 11 aromatic rings. The topological polar surface area (TPSA) is 0 Å². The van der Waals surface area contributed by atoms with Crippen molar-refractivity contribution in [1.82, 2.24) is 0 Å². The number of benzene rings is 10. The second-order valence-corrected chi connectivity index (χ2v) is 35.2. The Balaban J connectivity index is 0.924. The maximum Gasteiger partial charge on any atom is 0.0645 e. The summed E-state index contributed by atoms with van der Waals surface area (Å²) >= 11 is 2.69. The van der Waals surface area contributed by atoms with E-state index in [1.54, 1.807) is 5.56 Å². The van der Waals surface area contributed by atoms with Gasteiger partial charge in [0.15, 0.2) is 0 Å². The van der Waals surface area contributed by atoms with Crippen LogP contribution in [0.4, 0.5) is 0 Å². The summed E-state index contributed by atoms with van der Waals surface area (Å²) in [7, 11) is 0. The Morgan fingerprint density at radius 1 is 0.405 bits per heavy atom. The lowest BCUT2D eigenvalue weighted by Crippen LogP contribution is -2.62. The van der Waals surface area contributed by atoms with Crippen molar-refractivity contribution >= 4 is 97.9 Å². The van der Waals surface area contributed by atoms with Gasteiger partial charge in [-0.05, 0) is 361 Å².